The summed E-state index contributed by atoms with van der Waals surface area (Å²) in [5.74, 6) is 0.00960. The molecule has 1 N–H and O–H groups in total. The molecule has 0 atom stereocenters. The van der Waals surface area contributed by atoms with Gasteiger partial charge in [-0.05, 0) is 44.2 Å². The molecule has 0 aromatic carbocycles. The van der Waals surface area contributed by atoms with Crippen LogP contribution in [0, 0.1) is 0 Å². The van der Waals surface area contributed by atoms with Gasteiger partial charge in [0.15, 0.2) is 12.0 Å². The topological polar surface area (TPSA) is 76.4 Å². The molecule has 1 aromatic heterocycles. The normalized spacial score (nSPS) is 16.1. The Labute approximate surface area is 112 Å². The molecular weight excluding hydrogens is 266 g/mol. The first-order chi connectivity index (χ1) is 9.12. The third kappa shape index (κ3) is 3.78. The molecule has 1 aliphatic carbocycles. The maximum atomic E-state index is 11.9. The van der Waals surface area contributed by atoms with Gasteiger partial charge in [0.05, 0.1) is 0 Å². The van der Waals surface area contributed by atoms with E-state index in [0.717, 1.165) is 19.3 Å². The van der Waals surface area contributed by atoms with Gasteiger partial charge < -0.3 is 4.42 Å². The zero-order chi connectivity index (χ0) is 13.7. The molecule has 0 aliphatic heterocycles. The van der Waals surface area contributed by atoms with Crippen LogP contribution in [-0.4, -0.2) is 21.2 Å². The van der Waals surface area contributed by atoms with Crippen molar-refractivity contribution >= 4 is 16.3 Å². The molecule has 1 aliphatic rings. The highest BCUT2D eigenvalue weighted by Gasteiger charge is 2.18. The van der Waals surface area contributed by atoms with Gasteiger partial charge >= 0.3 is 0 Å². The number of allylic oxidation sites excluding steroid dienone is 1. The molecule has 0 bridgehead atoms. The highest BCUT2D eigenvalue weighted by atomic mass is 32.2. The molecule has 1 heterocycles. The first-order valence-corrected chi connectivity index (χ1v) is 7.83. The minimum atomic E-state index is -3.65. The van der Waals surface area contributed by atoms with Crippen molar-refractivity contribution in [1.29, 1.82) is 0 Å². The summed E-state index contributed by atoms with van der Waals surface area (Å²) >= 11 is 0. The number of hydrogen-bond acceptors (Lipinski definition) is 4. The lowest BCUT2D eigenvalue weighted by Gasteiger charge is -2.12. The second kappa shape index (κ2) is 6.16. The van der Waals surface area contributed by atoms with Gasteiger partial charge in [-0.25, -0.2) is 13.1 Å². The second-order valence-corrected chi connectivity index (χ2v) is 6.23. The van der Waals surface area contributed by atoms with E-state index in [2.05, 4.69) is 10.8 Å². The van der Waals surface area contributed by atoms with Crippen LogP contribution >= 0.6 is 0 Å². The number of furan rings is 1. The molecule has 0 saturated carbocycles. The zero-order valence-corrected chi connectivity index (χ0v) is 11.4. The molecule has 6 heteroatoms. The number of aldehydes is 1. The standard InChI is InChI=1S/C13H17NO4S/c15-10-12-6-7-13(18-12)19(16,17)14-9-8-11-4-2-1-3-5-11/h4,6-7,10,14H,1-3,5,8-9H2. The van der Waals surface area contributed by atoms with Crippen molar-refractivity contribution in [2.45, 2.75) is 37.2 Å². The number of nitrogens with one attached hydrogen (secondary N) is 1. The Bertz CT molecular complexity index is 571. The zero-order valence-electron chi connectivity index (χ0n) is 10.6. The number of carbonyl (C=O) groups is 1. The SMILES string of the molecule is O=Cc1ccc(S(=O)(=O)NCCC2=CCCCC2)o1. The van der Waals surface area contributed by atoms with Crippen molar-refractivity contribution in [3.8, 4) is 0 Å². The van der Waals surface area contributed by atoms with E-state index < -0.39 is 10.0 Å². The Morgan fingerprint density at radius 1 is 1.32 bits per heavy atom. The van der Waals surface area contributed by atoms with E-state index in [1.165, 1.54) is 30.5 Å². The molecule has 0 fully saturated rings. The molecule has 0 radical (unpaired) electrons. The van der Waals surface area contributed by atoms with Crippen LogP contribution < -0.4 is 4.72 Å². The second-order valence-electron chi connectivity index (χ2n) is 4.53. The van der Waals surface area contributed by atoms with Crippen LogP contribution in [0.1, 0.15) is 42.7 Å². The maximum absolute atomic E-state index is 11.9. The van der Waals surface area contributed by atoms with E-state index >= 15 is 0 Å². The van der Waals surface area contributed by atoms with E-state index in [4.69, 9.17) is 4.42 Å². The van der Waals surface area contributed by atoms with Crippen LogP contribution in [0.2, 0.25) is 0 Å². The molecule has 0 spiro atoms. The fraction of sp³-hybridized carbons (Fsp3) is 0.462. The fourth-order valence-corrected chi connectivity index (χ4v) is 3.06. The molecule has 104 valence electrons. The van der Waals surface area contributed by atoms with Gasteiger partial charge in [0.1, 0.15) is 0 Å². The Morgan fingerprint density at radius 3 is 2.79 bits per heavy atom. The summed E-state index contributed by atoms with van der Waals surface area (Å²) in [6.45, 7) is 0.352. The highest BCUT2D eigenvalue weighted by molar-refractivity contribution is 7.89. The summed E-state index contributed by atoms with van der Waals surface area (Å²) in [5, 5.41) is -0.216. The lowest BCUT2D eigenvalue weighted by molar-refractivity contribution is 0.109. The van der Waals surface area contributed by atoms with Gasteiger partial charge in [-0.1, -0.05) is 11.6 Å². The van der Waals surface area contributed by atoms with Gasteiger partial charge in [-0.15, -0.1) is 0 Å². The van der Waals surface area contributed by atoms with E-state index in [-0.39, 0.29) is 10.9 Å². The summed E-state index contributed by atoms with van der Waals surface area (Å²) < 4.78 is 31.1. The van der Waals surface area contributed by atoms with E-state index in [9.17, 15) is 13.2 Å². The van der Waals surface area contributed by atoms with E-state index in [1.54, 1.807) is 0 Å². The quantitative estimate of drug-likeness (QED) is 0.641. The summed E-state index contributed by atoms with van der Waals surface area (Å²) in [6.07, 6.45) is 7.93. The van der Waals surface area contributed by atoms with Crippen molar-refractivity contribution in [2.24, 2.45) is 0 Å². The molecule has 0 amide bonds. The van der Waals surface area contributed by atoms with Crippen molar-refractivity contribution in [1.82, 2.24) is 4.72 Å². The number of sulfonamides is 1. The average Bonchev–Trinajstić information content (AvgIpc) is 2.89. The smallest absolute Gasteiger partial charge is 0.273 e. The van der Waals surface area contributed by atoms with Gasteiger partial charge in [0, 0.05) is 6.54 Å². The van der Waals surface area contributed by atoms with Crippen LogP contribution in [0.5, 0.6) is 0 Å². The largest absolute Gasteiger partial charge is 0.440 e. The molecule has 1 aromatic rings. The summed E-state index contributed by atoms with van der Waals surface area (Å²) in [4.78, 5) is 10.5. The minimum Gasteiger partial charge on any atom is -0.440 e. The van der Waals surface area contributed by atoms with Gasteiger partial charge in [-0.2, -0.15) is 0 Å². The minimum absolute atomic E-state index is 0.00960. The molecule has 5 nitrogen and oxygen atoms in total. The summed E-state index contributed by atoms with van der Waals surface area (Å²) in [5.41, 5.74) is 1.31. The van der Waals surface area contributed by atoms with Crippen LogP contribution in [0.15, 0.2) is 33.3 Å². The van der Waals surface area contributed by atoms with Crippen molar-refractivity contribution in [3.05, 3.63) is 29.5 Å². The Morgan fingerprint density at radius 2 is 2.16 bits per heavy atom. The van der Waals surface area contributed by atoms with Crippen molar-refractivity contribution in [3.63, 3.8) is 0 Å². The van der Waals surface area contributed by atoms with Crippen LogP contribution in [0.3, 0.4) is 0 Å². The molecule has 0 saturated heterocycles. The Hall–Kier alpha value is -1.40. The molecule has 0 unspecified atom stereocenters. The lowest BCUT2D eigenvalue weighted by atomic mass is 9.97. The Kier molecular flexibility index (Phi) is 4.55. The van der Waals surface area contributed by atoms with Gasteiger partial charge in [-0.3, -0.25) is 4.79 Å². The molecule has 19 heavy (non-hydrogen) atoms. The predicted molar refractivity (Wildman–Crippen MR) is 70.5 cm³/mol. The number of rotatable bonds is 6. The monoisotopic (exact) mass is 283 g/mol. The van der Waals surface area contributed by atoms with Crippen molar-refractivity contribution < 1.29 is 17.6 Å². The lowest BCUT2D eigenvalue weighted by Crippen LogP contribution is -2.24. The fourth-order valence-electron chi connectivity index (χ4n) is 2.09. The number of hydrogen-bond donors (Lipinski definition) is 1. The summed E-state index contributed by atoms with van der Waals surface area (Å²) in [6, 6.07) is 2.62. The van der Waals surface area contributed by atoms with E-state index in [0.29, 0.717) is 12.8 Å². The summed E-state index contributed by atoms with van der Waals surface area (Å²) in [7, 11) is -3.65. The van der Waals surface area contributed by atoms with Crippen LogP contribution in [-0.2, 0) is 10.0 Å². The van der Waals surface area contributed by atoms with Gasteiger partial charge in [0.25, 0.3) is 10.0 Å². The first kappa shape index (κ1) is 14.0. The van der Waals surface area contributed by atoms with Crippen molar-refractivity contribution in [2.75, 3.05) is 6.54 Å². The molecule has 2 rings (SSSR count). The Balaban J connectivity index is 1.90. The van der Waals surface area contributed by atoms with E-state index in [1.807, 2.05) is 0 Å². The van der Waals surface area contributed by atoms with Gasteiger partial charge in [0.2, 0.25) is 5.09 Å². The number of carbonyl (C=O) groups excluding carboxylic acids is 1. The average molecular weight is 283 g/mol. The third-order valence-electron chi connectivity index (χ3n) is 3.11. The van der Waals surface area contributed by atoms with Crippen LogP contribution in [0.25, 0.3) is 0 Å². The first-order valence-electron chi connectivity index (χ1n) is 6.34. The molecular formula is C13H17NO4S. The maximum Gasteiger partial charge on any atom is 0.273 e. The predicted octanol–water partition coefficient (Wildman–Crippen LogP) is 2.26. The van der Waals surface area contributed by atoms with Crippen LogP contribution in [0.4, 0.5) is 0 Å². The highest BCUT2D eigenvalue weighted by Crippen LogP contribution is 2.20. The third-order valence-corrected chi connectivity index (χ3v) is 4.44.